The van der Waals surface area contributed by atoms with E-state index in [1.807, 2.05) is 13.0 Å². The number of nitrogens with one attached hydrogen (secondary N) is 1. The van der Waals surface area contributed by atoms with Crippen molar-refractivity contribution in [3.63, 3.8) is 0 Å². The highest BCUT2D eigenvalue weighted by Crippen LogP contribution is 2.25. The number of aromatic nitrogens is 3. The summed E-state index contributed by atoms with van der Waals surface area (Å²) in [6, 6.07) is 12.7. The van der Waals surface area contributed by atoms with Gasteiger partial charge in [-0.1, -0.05) is 18.2 Å². The predicted octanol–water partition coefficient (Wildman–Crippen LogP) is 4.08. The highest BCUT2D eigenvalue weighted by atomic mass is 19.1. The van der Waals surface area contributed by atoms with Gasteiger partial charge in [0.2, 0.25) is 0 Å². The Morgan fingerprint density at radius 3 is 2.58 bits per heavy atom. The van der Waals surface area contributed by atoms with E-state index in [9.17, 15) is 13.6 Å². The maximum Gasteiger partial charge on any atom is 0.274 e. The number of halogens is 2. The van der Waals surface area contributed by atoms with Crippen LogP contribution in [0.25, 0.3) is 5.65 Å². The molecule has 1 aliphatic heterocycles. The van der Waals surface area contributed by atoms with Crippen molar-refractivity contribution in [3.05, 3.63) is 94.3 Å². The molecule has 0 unspecified atom stereocenters. The van der Waals surface area contributed by atoms with Crippen LogP contribution in [0.5, 0.6) is 0 Å². The van der Waals surface area contributed by atoms with Gasteiger partial charge in [0.15, 0.2) is 11.3 Å². The van der Waals surface area contributed by atoms with E-state index in [0.29, 0.717) is 36.8 Å². The molecule has 4 aromatic rings. The van der Waals surface area contributed by atoms with Gasteiger partial charge >= 0.3 is 0 Å². The molecule has 3 heterocycles. The Bertz CT molecular complexity index is 1300. The molecule has 0 saturated carbocycles. The molecule has 2 aromatic heterocycles. The SMILES string of the molecule is Cc1cc2ncc(C(=O)N3Cc4ccc(F)cc4C3)n2nc1NCc1ccc(F)cc1. The maximum absolute atomic E-state index is 13.5. The number of benzene rings is 2. The van der Waals surface area contributed by atoms with Crippen molar-refractivity contribution >= 4 is 17.4 Å². The smallest absolute Gasteiger partial charge is 0.274 e. The second kappa shape index (κ2) is 7.46. The number of hydrogen-bond donors (Lipinski definition) is 1. The van der Waals surface area contributed by atoms with Gasteiger partial charge in [-0.15, -0.1) is 5.10 Å². The Kier molecular flexibility index (Phi) is 4.62. The Morgan fingerprint density at radius 1 is 1.03 bits per heavy atom. The van der Waals surface area contributed by atoms with Gasteiger partial charge in [-0.2, -0.15) is 0 Å². The molecular formula is C23H19F2N5O. The minimum atomic E-state index is -0.308. The first kappa shape index (κ1) is 19.2. The standard InChI is InChI=1S/C23H19F2N5O/c1-14-8-21-26-11-20(23(31)29-12-16-4-7-19(25)9-17(16)13-29)30(21)28-22(14)27-10-15-2-5-18(24)6-3-15/h2-9,11H,10,12-13H2,1H3,(H,27,28). The highest BCUT2D eigenvalue weighted by Gasteiger charge is 2.27. The second-order valence-corrected chi connectivity index (χ2v) is 7.64. The fourth-order valence-corrected chi connectivity index (χ4v) is 3.78. The number of anilines is 1. The Labute approximate surface area is 177 Å². The number of fused-ring (bicyclic) bond motifs is 2. The number of imidazole rings is 1. The molecule has 0 spiro atoms. The predicted molar refractivity (Wildman–Crippen MR) is 111 cm³/mol. The molecule has 156 valence electrons. The third-order valence-corrected chi connectivity index (χ3v) is 5.45. The van der Waals surface area contributed by atoms with E-state index in [1.54, 1.807) is 23.1 Å². The van der Waals surface area contributed by atoms with Crippen LogP contribution in [-0.2, 0) is 19.6 Å². The van der Waals surface area contributed by atoms with Gasteiger partial charge in [-0.3, -0.25) is 4.79 Å². The normalized spacial score (nSPS) is 12.9. The van der Waals surface area contributed by atoms with E-state index in [0.717, 1.165) is 22.3 Å². The number of rotatable bonds is 4. The van der Waals surface area contributed by atoms with E-state index in [4.69, 9.17) is 0 Å². The summed E-state index contributed by atoms with van der Waals surface area (Å²) in [6.07, 6.45) is 1.51. The van der Waals surface area contributed by atoms with Crippen molar-refractivity contribution in [1.82, 2.24) is 19.5 Å². The van der Waals surface area contributed by atoms with Crippen LogP contribution in [0.4, 0.5) is 14.6 Å². The van der Waals surface area contributed by atoms with Gasteiger partial charge in [0.25, 0.3) is 5.91 Å². The molecule has 6 nitrogen and oxygen atoms in total. The Balaban J connectivity index is 1.40. The summed E-state index contributed by atoms with van der Waals surface area (Å²) in [5.41, 5.74) is 4.45. The van der Waals surface area contributed by atoms with Crippen LogP contribution in [0.15, 0.2) is 54.7 Å². The van der Waals surface area contributed by atoms with Crippen LogP contribution in [0.2, 0.25) is 0 Å². The molecule has 0 fully saturated rings. The molecule has 5 rings (SSSR count). The summed E-state index contributed by atoms with van der Waals surface area (Å²) in [4.78, 5) is 19.1. The number of amides is 1. The molecule has 0 radical (unpaired) electrons. The lowest BCUT2D eigenvalue weighted by molar-refractivity contribution is 0.0743. The lowest BCUT2D eigenvalue weighted by Gasteiger charge is -2.15. The van der Waals surface area contributed by atoms with E-state index in [1.165, 1.54) is 35.0 Å². The average Bonchev–Trinajstić information content (AvgIpc) is 3.36. The first-order chi connectivity index (χ1) is 15.0. The molecule has 0 saturated heterocycles. The zero-order valence-electron chi connectivity index (χ0n) is 16.8. The van der Waals surface area contributed by atoms with Gasteiger partial charge in [0.1, 0.15) is 17.5 Å². The molecule has 8 heteroatoms. The lowest BCUT2D eigenvalue weighted by Crippen LogP contribution is -2.27. The molecule has 1 N–H and O–H groups in total. The molecular weight excluding hydrogens is 400 g/mol. The first-order valence-electron chi connectivity index (χ1n) is 9.88. The number of hydrogen-bond acceptors (Lipinski definition) is 4. The van der Waals surface area contributed by atoms with Crippen LogP contribution in [-0.4, -0.2) is 25.4 Å². The maximum atomic E-state index is 13.5. The Hall–Kier alpha value is -3.81. The van der Waals surface area contributed by atoms with Crippen LogP contribution >= 0.6 is 0 Å². The molecule has 1 amide bonds. The van der Waals surface area contributed by atoms with E-state index >= 15 is 0 Å². The van der Waals surface area contributed by atoms with Crippen molar-refractivity contribution in [2.24, 2.45) is 0 Å². The summed E-state index contributed by atoms with van der Waals surface area (Å²) >= 11 is 0. The molecule has 2 aromatic carbocycles. The number of carbonyl (C=O) groups excluding carboxylic acids is 1. The molecule has 31 heavy (non-hydrogen) atoms. The molecule has 0 atom stereocenters. The van der Waals surface area contributed by atoms with Crippen LogP contribution < -0.4 is 5.32 Å². The van der Waals surface area contributed by atoms with E-state index < -0.39 is 0 Å². The summed E-state index contributed by atoms with van der Waals surface area (Å²) in [7, 11) is 0. The third-order valence-electron chi connectivity index (χ3n) is 5.45. The van der Waals surface area contributed by atoms with Gasteiger partial charge in [0, 0.05) is 19.6 Å². The number of nitrogens with zero attached hydrogens (tertiary/aromatic N) is 4. The van der Waals surface area contributed by atoms with Gasteiger partial charge in [-0.05, 0) is 59.5 Å². The fourth-order valence-electron chi connectivity index (χ4n) is 3.78. The molecule has 1 aliphatic rings. The van der Waals surface area contributed by atoms with Gasteiger partial charge < -0.3 is 10.2 Å². The molecule has 0 aliphatic carbocycles. The van der Waals surface area contributed by atoms with Crippen molar-refractivity contribution in [3.8, 4) is 0 Å². The fraction of sp³-hybridized carbons (Fsp3) is 0.174. The second-order valence-electron chi connectivity index (χ2n) is 7.64. The first-order valence-corrected chi connectivity index (χ1v) is 9.88. The summed E-state index contributed by atoms with van der Waals surface area (Å²) in [5.74, 6) is -0.203. The van der Waals surface area contributed by atoms with Crippen molar-refractivity contribution in [2.75, 3.05) is 5.32 Å². The topological polar surface area (TPSA) is 62.5 Å². The summed E-state index contributed by atoms with van der Waals surface area (Å²) in [6.45, 7) is 3.14. The lowest BCUT2D eigenvalue weighted by atomic mass is 10.1. The molecule has 0 bridgehead atoms. The minimum Gasteiger partial charge on any atom is -0.364 e. The van der Waals surface area contributed by atoms with E-state index in [2.05, 4.69) is 15.4 Å². The average molecular weight is 419 g/mol. The van der Waals surface area contributed by atoms with E-state index in [-0.39, 0.29) is 17.5 Å². The quantitative estimate of drug-likeness (QED) is 0.541. The highest BCUT2D eigenvalue weighted by molar-refractivity contribution is 5.93. The largest absolute Gasteiger partial charge is 0.364 e. The van der Waals surface area contributed by atoms with Gasteiger partial charge in [-0.25, -0.2) is 18.3 Å². The van der Waals surface area contributed by atoms with Crippen LogP contribution in [0.3, 0.4) is 0 Å². The third kappa shape index (κ3) is 3.61. The zero-order valence-corrected chi connectivity index (χ0v) is 16.8. The summed E-state index contributed by atoms with van der Waals surface area (Å²) < 4.78 is 28.1. The zero-order chi connectivity index (χ0) is 21.5. The number of carbonyl (C=O) groups is 1. The monoisotopic (exact) mass is 419 g/mol. The van der Waals surface area contributed by atoms with Crippen molar-refractivity contribution < 1.29 is 13.6 Å². The number of aryl methyl sites for hydroxylation is 1. The van der Waals surface area contributed by atoms with Crippen LogP contribution in [0, 0.1) is 18.6 Å². The summed E-state index contributed by atoms with van der Waals surface area (Å²) in [5, 5.41) is 7.82. The van der Waals surface area contributed by atoms with Crippen LogP contribution in [0.1, 0.15) is 32.7 Å². The van der Waals surface area contributed by atoms with Gasteiger partial charge in [0.05, 0.1) is 6.20 Å². The van der Waals surface area contributed by atoms with Crippen molar-refractivity contribution in [1.29, 1.82) is 0 Å². The van der Waals surface area contributed by atoms with Crippen molar-refractivity contribution in [2.45, 2.75) is 26.6 Å². The Morgan fingerprint density at radius 2 is 1.77 bits per heavy atom. The minimum absolute atomic E-state index is 0.218.